The lowest BCUT2D eigenvalue weighted by molar-refractivity contribution is 0.110. The molecule has 3 rings (SSSR count). The van der Waals surface area contributed by atoms with Crippen molar-refractivity contribution in [1.29, 1.82) is 0 Å². The molecule has 2 fully saturated rings. The van der Waals surface area contributed by atoms with Crippen LogP contribution < -0.4 is 0 Å². The van der Waals surface area contributed by atoms with Gasteiger partial charge in [0.25, 0.3) is 0 Å². The van der Waals surface area contributed by atoms with Crippen LogP contribution in [0.5, 0.6) is 0 Å². The first-order chi connectivity index (χ1) is 8.76. The monoisotopic (exact) mass is 249 g/mol. The molecule has 1 aliphatic heterocycles. The van der Waals surface area contributed by atoms with Crippen LogP contribution in [-0.2, 0) is 6.54 Å². The number of aliphatic hydroxyl groups excluding tert-OH is 1. The average Bonchev–Trinajstić information content (AvgIpc) is 2.94. The van der Waals surface area contributed by atoms with Crippen LogP contribution in [0.2, 0.25) is 0 Å². The highest BCUT2D eigenvalue weighted by atomic mass is 16.3. The van der Waals surface area contributed by atoms with E-state index in [1.165, 1.54) is 18.6 Å². The second kappa shape index (κ2) is 5.06. The van der Waals surface area contributed by atoms with Crippen LogP contribution in [0.3, 0.4) is 0 Å². The topological polar surface area (TPSA) is 36.6 Å². The first-order valence-corrected chi connectivity index (χ1v) is 7.18. The molecule has 2 heterocycles. The van der Waals surface area contributed by atoms with Crippen molar-refractivity contribution in [3.8, 4) is 0 Å². The number of piperidine rings is 1. The summed E-state index contributed by atoms with van der Waals surface area (Å²) in [6.45, 7) is 5.64. The van der Waals surface area contributed by atoms with Gasteiger partial charge in [-0.2, -0.15) is 0 Å². The molecule has 1 saturated carbocycles. The lowest BCUT2D eigenvalue weighted by Crippen LogP contribution is -2.36. The van der Waals surface area contributed by atoms with Gasteiger partial charge in [0.05, 0.1) is 6.54 Å². The zero-order chi connectivity index (χ0) is 12.5. The largest absolute Gasteiger partial charge is 0.464 e. The Morgan fingerprint density at radius 1 is 1.44 bits per heavy atom. The lowest BCUT2D eigenvalue weighted by Gasteiger charge is -2.30. The average molecular weight is 249 g/mol. The molecule has 1 aliphatic carbocycles. The maximum atomic E-state index is 9.24. The first kappa shape index (κ1) is 12.2. The first-order valence-electron chi connectivity index (χ1n) is 7.18. The minimum atomic E-state index is 0.319. The molecule has 0 bridgehead atoms. The van der Waals surface area contributed by atoms with Crippen molar-refractivity contribution < 1.29 is 9.52 Å². The van der Waals surface area contributed by atoms with Crippen molar-refractivity contribution in [3.05, 3.63) is 23.7 Å². The van der Waals surface area contributed by atoms with Gasteiger partial charge in [-0.3, -0.25) is 4.90 Å². The summed E-state index contributed by atoms with van der Waals surface area (Å²) in [6.07, 6.45) is 3.64. The predicted molar refractivity (Wildman–Crippen MR) is 70.3 cm³/mol. The fourth-order valence-electron chi connectivity index (χ4n) is 3.06. The van der Waals surface area contributed by atoms with E-state index in [-0.39, 0.29) is 0 Å². The van der Waals surface area contributed by atoms with Gasteiger partial charge in [-0.15, -0.1) is 0 Å². The molecule has 0 amide bonds. The fraction of sp³-hybridized carbons (Fsp3) is 0.733. The van der Waals surface area contributed by atoms with Crippen molar-refractivity contribution in [2.75, 3.05) is 19.7 Å². The Kier molecular flexibility index (Phi) is 3.44. The summed E-state index contributed by atoms with van der Waals surface area (Å²) in [5.74, 6) is 4.19. The third-order valence-electron chi connectivity index (χ3n) is 4.40. The highest BCUT2D eigenvalue weighted by molar-refractivity contribution is 5.17. The number of nitrogens with zero attached hydrogens (tertiary/aromatic N) is 1. The molecule has 3 atom stereocenters. The molecule has 3 nitrogen and oxygen atoms in total. The van der Waals surface area contributed by atoms with Crippen LogP contribution in [0.4, 0.5) is 0 Å². The molecule has 0 radical (unpaired) electrons. The summed E-state index contributed by atoms with van der Waals surface area (Å²) in [4.78, 5) is 2.41. The Morgan fingerprint density at radius 2 is 2.28 bits per heavy atom. The molecule has 2 aliphatic rings. The third-order valence-corrected chi connectivity index (χ3v) is 4.40. The maximum Gasteiger partial charge on any atom is 0.118 e. The Bertz CT molecular complexity index is 401. The van der Waals surface area contributed by atoms with Crippen LogP contribution in [-0.4, -0.2) is 29.7 Å². The van der Waals surface area contributed by atoms with Crippen molar-refractivity contribution in [3.63, 3.8) is 0 Å². The molecule has 1 saturated heterocycles. The molecule has 0 aromatic carbocycles. The zero-order valence-electron chi connectivity index (χ0n) is 11.1. The van der Waals surface area contributed by atoms with E-state index < -0.39 is 0 Å². The molecule has 1 N–H and O–H groups in total. The third kappa shape index (κ3) is 2.62. The maximum absolute atomic E-state index is 9.24. The summed E-state index contributed by atoms with van der Waals surface area (Å²) in [6, 6.07) is 4.28. The quantitative estimate of drug-likeness (QED) is 0.891. The summed E-state index contributed by atoms with van der Waals surface area (Å²) >= 11 is 0. The number of hydrogen-bond acceptors (Lipinski definition) is 3. The SMILES string of the molecule is CC1CC1c1ccc(CN2CCCC(CO)C2)o1. The molecule has 18 heavy (non-hydrogen) atoms. The van der Waals surface area contributed by atoms with E-state index in [9.17, 15) is 5.11 Å². The van der Waals surface area contributed by atoms with Gasteiger partial charge in [-0.1, -0.05) is 6.92 Å². The van der Waals surface area contributed by atoms with E-state index in [0.29, 0.717) is 18.4 Å². The van der Waals surface area contributed by atoms with E-state index in [1.54, 1.807) is 0 Å². The van der Waals surface area contributed by atoms with Gasteiger partial charge in [-0.25, -0.2) is 0 Å². The van der Waals surface area contributed by atoms with Crippen molar-refractivity contribution in [1.82, 2.24) is 4.90 Å². The van der Waals surface area contributed by atoms with Crippen LogP contribution >= 0.6 is 0 Å². The number of likely N-dealkylation sites (tertiary alicyclic amines) is 1. The number of rotatable bonds is 4. The number of furan rings is 1. The van der Waals surface area contributed by atoms with Gasteiger partial charge >= 0.3 is 0 Å². The molecular formula is C15H23NO2. The van der Waals surface area contributed by atoms with Gasteiger partial charge < -0.3 is 9.52 Å². The van der Waals surface area contributed by atoms with Gasteiger partial charge in [0.2, 0.25) is 0 Å². The minimum Gasteiger partial charge on any atom is -0.464 e. The number of hydrogen-bond donors (Lipinski definition) is 1. The Balaban J connectivity index is 1.57. The Morgan fingerprint density at radius 3 is 3.00 bits per heavy atom. The molecule has 3 heteroatoms. The molecule has 1 aromatic heterocycles. The summed E-state index contributed by atoms with van der Waals surface area (Å²) in [7, 11) is 0. The van der Waals surface area contributed by atoms with E-state index in [2.05, 4.69) is 24.0 Å². The van der Waals surface area contributed by atoms with E-state index in [1.807, 2.05) is 0 Å². The molecule has 3 unspecified atom stereocenters. The van der Waals surface area contributed by atoms with Crippen molar-refractivity contribution in [2.45, 2.75) is 38.6 Å². The van der Waals surface area contributed by atoms with Gasteiger partial charge in [0.1, 0.15) is 11.5 Å². The smallest absolute Gasteiger partial charge is 0.118 e. The normalized spacial score (nSPS) is 32.7. The van der Waals surface area contributed by atoms with Crippen LogP contribution in [0.1, 0.15) is 43.6 Å². The highest BCUT2D eigenvalue weighted by Gasteiger charge is 2.36. The predicted octanol–water partition coefficient (Wildman–Crippen LogP) is 2.61. The zero-order valence-corrected chi connectivity index (χ0v) is 11.1. The summed E-state index contributed by atoms with van der Waals surface area (Å²) in [5.41, 5.74) is 0. The Labute approximate surface area is 109 Å². The van der Waals surface area contributed by atoms with Crippen LogP contribution in [0.15, 0.2) is 16.5 Å². The van der Waals surface area contributed by atoms with Gasteiger partial charge in [0.15, 0.2) is 0 Å². The van der Waals surface area contributed by atoms with Crippen LogP contribution in [0, 0.1) is 11.8 Å². The van der Waals surface area contributed by atoms with Crippen molar-refractivity contribution >= 4 is 0 Å². The Hall–Kier alpha value is -0.800. The standard InChI is InChI=1S/C15H23NO2/c1-11-7-14(11)15-5-4-13(18-15)9-16-6-2-3-12(8-16)10-17/h4-5,11-12,14,17H,2-3,6-10H2,1H3. The molecule has 0 spiro atoms. The molecule has 100 valence electrons. The summed E-state index contributed by atoms with van der Waals surface area (Å²) < 4.78 is 5.95. The minimum absolute atomic E-state index is 0.319. The second-order valence-corrected chi connectivity index (χ2v) is 6.05. The lowest BCUT2D eigenvalue weighted by atomic mass is 9.99. The highest BCUT2D eigenvalue weighted by Crippen LogP contribution is 2.47. The fourth-order valence-corrected chi connectivity index (χ4v) is 3.06. The van der Waals surface area contributed by atoms with Crippen molar-refractivity contribution in [2.24, 2.45) is 11.8 Å². The number of aliphatic hydroxyl groups is 1. The van der Waals surface area contributed by atoms with E-state index in [0.717, 1.165) is 37.7 Å². The van der Waals surface area contributed by atoms with E-state index in [4.69, 9.17) is 4.42 Å². The second-order valence-electron chi connectivity index (χ2n) is 6.05. The van der Waals surface area contributed by atoms with E-state index >= 15 is 0 Å². The molecule has 1 aromatic rings. The van der Waals surface area contributed by atoms with Crippen LogP contribution in [0.25, 0.3) is 0 Å². The van der Waals surface area contributed by atoms with Gasteiger partial charge in [-0.05, 0) is 49.8 Å². The summed E-state index contributed by atoms with van der Waals surface area (Å²) in [5, 5.41) is 9.24. The molecular weight excluding hydrogens is 226 g/mol. The van der Waals surface area contributed by atoms with Gasteiger partial charge in [0, 0.05) is 19.1 Å².